The van der Waals surface area contributed by atoms with E-state index in [0.29, 0.717) is 5.46 Å². The minimum Gasteiger partial charge on any atom is -0.468 e. The van der Waals surface area contributed by atoms with Crippen molar-refractivity contribution in [3.05, 3.63) is 36.3 Å². The molecule has 0 fully saturated rings. The number of halogens is 3. The van der Waals surface area contributed by atoms with Crippen molar-refractivity contribution < 1.29 is 17.9 Å². The molecule has 0 aromatic carbocycles. The van der Waals surface area contributed by atoms with Crippen molar-refractivity contribution in [2.45, 2.75) is 25.6 Å². The van der Waals surface area contributed by atoms with E-state index in [4.69, 9.17) is 7.85 Å². The number of rotatable bonds is 5. The van der Waals surface area contributed by atoms with Gasteiger partial charge in [-0.25, -0.2) is 4.98 Å². The van der Waals surface area contributed by atoms with E-state index >= 15 is 0 Å². The van der Waals surface area contributed by atoms with Crippen LogP contribution in [0.25, 0.3) is 0 Å². The summed E-state index contributed by atoms with van der Waals surface area (Å²) in [6, 6.07) is 3.01. The highest BCUT2D eigenvalue weighted by Gasteiger charge is 2.28. The highest BCUT2D eigenvalue weighted by atomic mass is 19.4. The molecule has 0 amide bonds. The lowest BCUT2D eigenvalue weighted by Crippen LogP contribution is -2.19. The molecule has 4 nitrogen and oxygen atoms in total. The average Bonchev–Trinajstić information content (AvgIpc) is 2.84. The van der Waals surface area contributed by atoms with Crippen LogP contribution in [0.1, 0.15) is 24.9 Å². The Kier molecular flexibility index (Phi) is 4.54. The summed E-state index contributed by atoms with van der Waals surface area (Å²) in [5, 5.41) is 4.14. The Bertz CT molecular complexity index is 583. The Labute approximate surface area is 121 Å². The van der Waals surface area contributed by atoms with Crippen LogP contribution in [0.5, 0.6) is 5.88 Å². The normalized spacial score (nSPS) is 13.1. The smallest absolute Gasteiger partial charge is 0.422 e. The van der Waals surface area contributed by atoms with E-state index in [1.807, 2.05) is 6.92 Å². The van der Waals surface area contributed by atoms with Gasteiger partial charge in [0.25, 0.3) is 0 Å². The molecule has 2 aromatic heterocycles. The van der Waals surface area contributed by atoms with Crippen LogP contribution in [0, 0.1) is 0 Å². The van der Waals surface area contributed by atoms with Gasteiger partial charge >= 0.3 is 6.18 Å². The van der Waals surface area contributed by atoms with Gasteiger partial charge in [0.2, 0.25) is 5.88 Å². The van der Waals surface area contributed by atoms with Crippen molar-refractivity contribution in [2.75, 3.05) is 6.61 Å². The van der Waals surface area contributed by atoms with Gasteiger partial charge in [0, 0.05) is 24.7 Å². The van der Waals surface area contributed by atoms with Gasteiger partial charge in [0.15, 0.2) is 6.61 Å². The molecule has 0 aliphatic heterocycles. The summed E-state index contributed by atoms with van der Waals surface area (Å²) in [5.41, 5.74) is 1.37. The topological polar surface area (TPSA) is 39.9 Å². The van der Waals surface area contributed by atoms with Crippen LogP contribution < -0.4 is 10.2 Å². The molecule has 0 aliphatic carbocycles. The van der Waals surface area contributed by atoms with Crippen LogP contribution in [-0.4, -0.2) is 35.4 Å². The van der Waals surface area contributed by atoms with E-state index in [1.54, 1.807) is 16.9 Å². The average molecular weight is 295 g/mol. The van der Waals surface area contributed by atoms with Gasteiger partial charge in [0.1, 0.15) is 7.85 Å². The molecule has 0 spiro atoms. The molecule has 2 aromatic rings. The van der Waals surface area contributed by atoms with Crippen LogP contribution in [-0.2, 0) is 0 Å². The maximum Gasteiger partial charge on any atom is 0.422 e. The third kappa shape index (κ3) is 4.24. The molecule has 0 N–H and O–H groups in total. The molecule has 2 heterocycles. The maximum atomic E-state index is 12.1. The first-order valence-electron chi connectivity index (χ1n) is 6.34. The number of ether oxygens (including phenoxy) is 1. The van der Waals surface area contributed by atoms with E-state index in [0.717, 1.165) is 12.0 Å². The van der Waals surface area contributed by atoms with E-state index in [1.165, 1.54) is 18.5 Å². The zero-order valence-corrected chi connectivity index (χ0v) is 11.3. The van der Waals surface area contributed by atoms with Crippen LogP contribution in [0.4, 0.5) is 13.2 Å². The Morgan fingerprint density at radius 2 is 2.10 bits per heavy atom. The Morgan fingerprint density at radius 1 is 1.33 bits per heavy atom. The summed E-state index contributed by atoms with van der Waals surface area (Å²) in [5.74, 6) is -0.0640. The molecule has 0 aliphatic rings. The third-order valence-electron chi connectivity index (χ3n) is 2.86. The molecule has 0 bridgehead atoms. The molecule has 2 rings (SSSR count). The summed E-state index contributed by atoms with van der Waals surface area (Å²) in [4.78, 5) is 3.89. The molecule has 21 heavy (non-hydrogen) atoms. The van der Waals surface area contributed by atoms with Gasteiger partial charge in [-0.2, -0.15) is 18.3 Å². The van der Waals surface area contributed by atoms with Crippen molar-refractivity contribution in [1.29, 1.82) is 0 Å². The molecule has 1 unspecified atom stereocenters. The quantitative estimate of drug-likeness (QED) is 0.792. The Hall–Kier alpha value is -1.99. The van der Waals surface area contributed by atoms with E-state index in [9.17, 15) is 13.2 Å². The van der Waals surface area contributed by atoms with Crippen LogP contribution in [0.3, 0.4) is 0 Å². The molecule has 2 radical (unpaired) electrons. The fraction of sp³-hybridized carbons (Fsp3) is 0.385. The predicted molar refractivity (Wildman–Crippen MR) is 71.8 cm³/mol. The SMILES string of the molecule is [B]c1cnn(C(CC)c2ccc(OCC(F)(F)F)nc2)c1. The predicted octanol–water partition coefficient (Wildman–Crippen LogP) is 2.01. The fourth-order valence-corrected chi connectivity index (χ4v) is 1.93. The lowest BCUT2D eigenvalue weighted by atomic mass is 10.0. The van der Waals surface area contributed by atoms with Crippen molar-refractivity contribution in [3.63, 3.8) is 0 Å². The first kappa shape index (κ1) is 15.4. The number of hydrogen-bond acceptors (Lipinski definition) is 3. The fourth-order valence-electron chi connectivity index (χ4n) is 1.93. The van der Waals surface area contributed by atoms with Crippen molar-refractivity contribution in [3.8, 4) is 5.88 Å². The summed E-state index contributed by atoms with van der Waals surface area (Å²) in [7, 11) is 5.63. The number of pyridine rings is 1. The lowest BCUT2D eigenvalue weighted by molar-refractivity contribution is -0.154. The van der Waals surface area contributed by atoms with Gasteiger partial charge < -0.3 is 4.74 Å². The van der Waals surface area contributed by atoms with Gasteiger partial charge in [-0.3, -0.25) is 4.68 Å². The zero-order valence-electron chi connectivity index (χ0n) is 11.3. The number of aromatic nitrogens is 3. The number of nitrogens with zero attached hydrogens (tertiary/aromatic N) is 3. The molecule has 0 saturated carbocycles. The highest BCUT2D eigenvalue weighted by molar-refractivity contribution is 6.31. The maximum absolute atomic E-state index is 12.1. The van der Waals surface area contributed by atoms with E-state index in [-0.39, 0.29) is 11.9 Å². The zero-order chi connectivity index (χ0) is 15.5. The number of alkyl halides is 3. The van der Waals surface area contributed by atoms with Crippen LogP contribution in [0.15, 0.2) is 30.7 Å². The van der Waals surface area contributed by atoms with Crippen molar-refractivity contribution in [2.24, 2.45) is 0 Å². The van der Waals surface area contributed by atoms with Gasteiger partial charge in [-0.15, -0.1) is 0 Å². The Morgan fingerprint density at radius 3 is 2.57 bits per heavy atom. The summed E-state index contributed by atoms with van der Waals surface area (Å²) in [6.45, 7) is 0.614. The van der Waals surface area contributed by atoms with Crippen LogP contribution in [0.2, 0.25) is 0 Å². The second-order valence-corrected chi connectivity index (χ2v) is 4.51. The monoisotopic (exact) mass is 295 g/mol. The summed E-state index contributed by atoms with van der Waals surface area (Å²) < 4.78 is 42.4. The van der Waals surface area contributed by atoms with Gasteiger partial charge in [-0.05, 0) is 18.1 Å². The van der Waals surface area contributed by atoms with Crippen molar-refractivity contribution >= 4 is 13.3 Å². The molecule has 8 heteroatoms. The van der Waals surface area contributed by atoms with E-state index < -0.39 is 12.8 Å². The Balaban J connectivity index is 2.10. The van der Waals surface area contributed by atoms with Crippen LogP contribution >= 0.6 is 0 Å². The van der Waals surface area contributed by atoms with Gasteiger partial charge in [0.05, 0.1) is 6.04 Å². The largest absolute Gasteiger partial charge is 0.468 e. The third-order valence-corrected chi connectivity index (χ3v) is 2.86. The number of hydrogen-bond donors (Lipinski definition) is 0. The minimum atomic E-state index is -4.38. The molecular weight excluding hydrogens is 282 g/mol. The van der Waals surface area contributed by atoms with Gasteiger partial charge in [-0.1, -0.05) is 12.4 Å². The first-order valence-corrected chi connectivity index (χ1v) is 6.34. The van der Waals surface area contributed by atoms with E-state index in [2.05, 4.69) is 14.8 Å². The minimum absolute atomic E-state index is 0.0640. The first-order chi connectivity index (χ1) is 9.89. The lowest BCUT2D eigenvalue weighted by Gasteiger charge is -2.16. The highest BCUT2D eigenvalue weighted by Crippen LogP contribution is 2.22. The molecule has 110 valence electrons. The van der Waals surface area contributed by atoms with Crippen molar-refractivity contribution in [1.82, 2.24) is 14.8 Å². The summed E-state index contributed by atoms with van der Waals surface area (Å²) >= 11 is 0. The second-order valence-electron chi connectivity index (χ2n) is 4.51. The molecule has 1 atom stereocenters. The summed E-state index contributed by atoms with van der Waals surface area (Å²) in [6.07, 6.45) is 1.08. The molecular formula is C13H13BF3N3O. The standard InChI is InChI=1S/C13H13BF3N3O/c1-2-11(20-7-10(14)6-19-20)9-3-4-12(18-5-9)21-8-13(15,16)17/h3-7,11H,2,8H2,1H3. The molecule has 0 saturated heterocycles. The second kappa shape index (κ2) is 6.20.